The van der Waals surface area contributed by atoms with Crippen LogP contribution in [0.2, 0.25) is 0 Å². The molecule has 1 N–H and O–H groups in total. The summed E-state index contributed by atoms with van der Waals surface area (Å²) in [5.74, 6) is 0.793. The lowest BCUT2D eigenvalue weighted by molar-refractivity contribution is 0.449. The van der Waals surface area contributed by atoms with Gasteiger partial charge in [-0.15, -0.1) is 0 Å². The number of aromatic amines is 1. The van der Waals surface area contributed by atoms with Crippen molar-refractivity contribution in [2.45, 2.75) is 46.0 Å². The first-order chi connectivity index (χ1) is 11.8. The Labute approximate surface area is 142 Å². The van der Waals surface area contributed by atoms with E-state index in [-0.39, 0.29) is 0 Å². The monoisotopic (exact) mass is 319 g/mol. The average Bonchev–Trinajstić information content (AvgIpc) is 3.14. The second-order valence-corrected chi connectivity index (χ2v) is 6.93. The zero-order valence-electron chi connectivity index (χ0n) is 14.6. The number of benzene rings is 2. The van der Waals surface area contributed by atoms with Crippen molar-refractivity contribution in [3.63, 3.8) is 0 Å². The van der Waals surface area contributed by atoms with Gasteiger partial charge in [-0.1, -0.05) is 57.7 Å². The molecule has 0 fully saturated rings. The minimum Gasteiger partial charge on any atom is -0.454 e. The Balaban J connectivity index is 1.71. The lowest BCUT2D eigenvalue weighted by Gasteiger charge is -2.14. The van der Waals surface area contributed by atoms with Gasteiger partial charge in [-0.25, -0.2) is 0 Å². The van der Waals surface area contributed by atoms with E-state index in [4.69, 9.17) is 4.42 Å². The number of aromatic nitrogens is 1. The molecule has 0 radical (unpaired) electrons. The van der Waals surface area contributed by atoms with E-state index < -0.39 is 0 Å². The van der Waals surface area contributed by atoms with Crippen molar-refractivity contribution in [1.29, 1.82) is 0 Å². The summed E-state index contributed by atoms with van der Waals surface area (Å²) in [4.78, 5) is 3.58. The van der Waals surface area contributed by atoms with Crippen LogP contribution in [0.25, 0.3) is 33.0 Å². The number of fused-ring (bicyclic) bond motifs is 5. The lowest BCUT2D eigenvalue weighted by atomic mass is 9.92. The molecule has 4 aromatic rings. The SMILES string of the molecule is CCCCC(CC)Cc1ccc2c(c1)[nH]c1c3ccccc3oc21. The molecule has 0 aliphatic carbocycles. The summed E-state index contributed by atoms with van der Waals surface area (Å²) in [6, 6.07) is 15.0. The highest BCUT2D eigenvalue weighted by atomic mass is 16.3. The number of hydrogen-bond acceptors (Lipinski definition) is 1. The summed E-state index contributed by atoms with van der Waals surface area (Å²) in [5.41, 5.74) is 5.68. The highest BCUT2D eigenvalue weighted by Crippen LogP contribution is 2.34. The molecule has 24 heavy (non-hydrogen) atoms. The molecular weight excluding hydrogens is 294 g/mol. The Bertz CT molecular complexity index is 976. The maximum absolute atomic E-state index is 6.07. The molecule has 0 aliphatic rings. The van der Waals surface area contributed by atoms with E-state index in [0.29, 0.717) is 0 Å². The molecule has 1 atom stereocenters. The van der Waals surface area contributed by atoms with Gasteiger partial charge in [-0.05, 0) is 42.2 Å². The van der Waals surface area contributed by atoms with Crippen LogP contribution in [0.3, 0.4) is 0 Å². The molecule has 0 aliphatic heterocycles. The van der Waals surface area contributed by atoms with Gasteiger partial charge in [-0.2, -0.15) is 0 Å². The van der Waals surface area contributed by atoms with Gasteiger partial charge in [0.15, 0.2) is 5.58 Å². The standard InChI is InChI=1S/C22H25NO/c1-3-5-8-15(4-2)13-16-11-12-17-19(14-16)23-21-18-9-6-7-10-20(18)24-22(17)21/h6-7,9-12,14-15,23H,3-5,8,13H2,1-2H3. The summed E-state index contributed by atoms with van der Waals surface area (Å²) in [6.07, 6.45) is 6.39. The maximum atomic E-state index is 6.07. The fourth-order valence-corrected chi connectivity index (χ4v) is 3.79. The van der Waals surface area contributed by atoms with Crippen LogP contribution in [0.15, 0.2) is 46.9 Å². The number of hydrogen-bond donors (Lipinski definition) is 1. The molecular formula is C22H25NO. The smallest absolute Gasteiger partial charge is 0.160 e. The van der Waals surface area contributed by atoms with Gasteiger partial charge in [0.1, 0.15) is 5.58 Å². The Morgan fingerprint density at radius 1 is 1.04 bits per heavy atom. The molecule has 2 heterocycles. The van der Waals surface area contributed by atoms with E-state index in [9.17, 15) is 0 Å². The molecule has 0 amide bonds. The summed E-state index contributed by atoms with van der Waals surface area (Å²) in [7, 11) is 0. The second kappa shape index (κ2) is 6.35. The molecule has 2 heteroatoms. The molecule has 0 spiro atoms. The minimum absolute atomic E-state index is 0.793. The van der Waals surface area contributed by atoms with E-state index in [2.05, 4.69) is 49.2 Å². The molecule has 124 valence electrons. The second-order valence-electron chi connectivity index (χ2n) is 6.93. The van der Waals surface area contributed by atoms with Crippen molar-refractivity contribution in [2.24, 2.45) is 5.92 Å². The van der Waals surface area contributed by atoms with Crippen LogP contribution < -0.4 is 0 Å². The zero-order valence-corrected chi connectivity index (χ0v) is 14.6. The molecule has 4 rings (SSSR count). The third kappa shape index (κ3) is 2.60. The van der Waals surface area contributed by atoms with Crippen molar-refractivity contribution in [3.05, 3.63) is 48.0 Å². The lowest BCUT2D eigenvalue weighted by Crippen LogP contribution is -2.03. The van der Waals surface area contributed by atoms with Crippen LogP contribution in [0, 0.1) is 5.92 Å². The normalized spacial score (nSPS) is 13.2. The van der Waals surface area contributed by atoms with E-state index in [1.807, 2.05) is 12.1 Å². The van der Waals surface area contributed by atoms with Crippen molar-refractivity contribution in [2.75, 3.05) is 0 Å². The Kier molecular flexibility index (Phi) is 4.05. The number of nitrogens with one attached hydrogen (secondary N) is 1. The molecule has 2 nitrogen and oxygen atoms in total. The van der Waals surface area contributed by atoms with Crippen LogP contribution in [0.1, 0.15) is 45.1 Å². The van der Waals surface area contributed by atoms with Gasteiger partial charge in [0.25, 0.3) is 0 Å². The van der Waals surface area contributed by atoms with Crippen molar-refractivity contribution in [1.82, 2.24) is 4.98 Å². The predicted octanol–water partition coefficient (Wildman–Crippen LogP) is 6.83. The zero-order chi connectivity index (χ0) is 16.5. The van der Waals surface area contributed by atoms with Gasteiger partial charge in [0.2, 0.25) is 0 Å². The van der Waals surface area contributed by atoms with Gasteiger partial charge in [-0.3, -0.25) is 0 Å². The summed E-state index contributed by atoms with van der Waals surface area (Å²) in [6.45, 7) is 4.59. The van der Waals surface area contributed by atoms with Crippen molar-refractivity contribution in [3.8, 4) is 0 Å². The molecule has 0 saturated carbocycles. The first-order valence-electron chi connectivity index (χ1n) is 9.22. The Morgan fingerprint density at radius 3 is 2.75 bits per heavy atom. The number of H-pyrrole nitrogens is 1. The summed E-state index contributed by atoms with van der Waals surface area (Å²) in [5, 5.41) is 2.35. The summed E-state index contributed by atoms with van der Waals surface area (Å²) < 4.78 is 6.07. The Morgan fingerprint density at radius 2 is 1.92 bits per heavy atom. The third-order valence-corrected chi connectivity index (χ3v) is 5.25. The first-order valence-corrected chi connectivity index (χ1v) is 9.22. The Hall–Kier alpha value is -2.22. The maximum Gasteiger partial charge on any atom is 0.160 e. The fraction of sp³-hybridized carbons (Fsp3) is 0.364. The average molecular weight is 319 g/mol. The molecule has 0 bridgehead atoms. The van der Waals surface area contributed by atoms with E-state index in [1.165, 1.54) is 54.0 Å². The predicted molar refractivity (Wildman–Crippen MR) is 103 cm³/mol. The van der Waals surface area contributed by atoms with E-state index in [1.54, 1.807) is 0 Å². The van der Waals surface area contributed by atoms with Crippen molar-refractivity contribution < 1.29 is 4.42 Å². The van der Waals surface area contributed by atoms with Gasteiger partial charge >= 0.3 is 0 Å². The number of unbranched alkanes of at least 4 members (excludes halogenated alkanes) is 1. The largest absolute Gasteiger partial charge is 0.454 e. The van der Waals surface area contributed by atoms with Crippen LogP contribution >= 0.6 is 0 Å². The van der Waals surface area contributed by atoms with Crippen LogP contribution in [-0.2, 0) is 6.42 Å². The van der Waals surface area contributed by atoms with Gasteiger partial charge < -0.3 is 9.40 Å². The first kappa shape index (κ1) is 15.3. The number of para-hydroxylation sites is 1. The van der Waals surface area contributed by atoms with Gasteiger partial charge in [0, 0.05) is 16.3 Å². The number of rotatable bonds is 6. The third-order valence-electron chi connectivity index (χ3n) is 5.25. The summed E-state index contributed by atoms with van der Waals surface area (Å²) >= 11 is 0. The molecule has 2 aromatic carbocycles. The van der Waals surface area contributed by atoms with E-state index >= 15 is 0 Å². The fourth-order valence-electron chi connectivity index (χ4n) is 3.79. The quantitative estimate of drug-likeness (QED) is 0.415. The van der Waals surface area contributed by atoms with Crippen molar-refractivity contribution >= 4 is 33.0 Å². The molecule has 0 saturated heterocycles. The van der Waals surface area contributed by atoms with Crippen LogP contribution in [0.4, 0.5) is 0 Å². The highest BCUT2D eigenvalue weighted by molar-refractivity contribution is 6.14. The van der Waals surface area contributed by atoms with Crippen LogP contribution in [-0.4, -0.2) is 4.98 Å². The number of furan rings is 1. The molecule has 2 aromatic heterocycles. The molecule has 1 unspecified atom stereocenters. The van der Waals surface area contributed by atoms with Crippen LogP contribution in [0.5, 0.6) is 0 Å². The van der Waals surface area contributed by atoms with Gasteiger partial charge in [0.05, 0.1) is 5.52 Å². The van der Waals surface area contributed by atoms with E-state index in [0.717, 1.165) is 22.6 Å². The topological polar surface area (TPSA) is 28.9 Å². The minimum atomic E-state index is 0.793. The highest BCUT2D eigenvalue weighted by Gasteiger charge is 2.14.